The van der Waals surface area contributed by atoms with Crippen molar-refractivity contribution < 1.29 is 9.53 Å². The number of hydrogen-bond donors (Lipinski definition) is 0. The molecule has 0 N–H and O–H groups in total. The zero-order valence-corrected chi connectivity index (χ0v) is 12.5. The number of ether oxygens (including phenoxy) is 1. The van der Waals surface area contributed by atoms with E-state index in [1.807, 2.05) is 44.2 Å². The van der Waals surface area contributed by atoms with E-state index in [1.165, 1.54) is 0 Å². The summed E-state index contributed by atoms with van der Waals surface area (Å²) in [5.74, 6) is 5.63. The molecule has 0 heterocycles. The van der Waals surface area contributed by atoms with Gasteiger partial charge in [0.25, 0.3) is 0 Å². The summed E-state index contributed by atoms with van der Waals surface area (Å²) in [6.45, 7) is 5.79. The van der Waals surface area contributed by atoms with Crippen LogP contribution in [0.1, 0.15) is 45.6 Å². The highest BCUT2D eigenvalue weighted by atomic mass is 16.5. The first-order valence-electron chi connectivity index (χ1n) is 7.10. The van der Waals surface area contributed by atoms with Gasteiger partial charge >= 0.3 is 5.97 Å². The van der Waals surface area contributed by atoms with Crippen molar-refractivity contribution in [1.82, 2.24) is 0 Å². The second kappa shape index (κ2) is 8.98. The van der Waals surface area contributed by atoms with E-state index >= 15 is 0 Å². The predicted molar refractivity (Wildman–Crippen MR) is 82.9 cm³/mol. The third kappa shape index (κ3) is 6.24. The van der Waals surface area contributed by atoms with E-state index in [1.54, 1.807) is 6.08 Å². The highest BCUT2D eigenvalue weighted by Gasteiger charge is 2.10. The maximum atomic E-state index is 12.0. The van der Waals surface area contributed by atoms with Gasteiger partial charge in [-0.25, -0.2) is 4.79 Å². The molecule has 2 heteroatoms. The first kappa shape index (κ1) is 16.0. The second-order valence-electron chi connectivity index (χ2n) is 4.83. The van der Waals surface area contributed by atoms with Gasteiger partial charge in [0.2, 0.25) is 0 Å². The van der Waals surface area contributed by atoms with E-state index in [2.05, 4.69) is 18.8 Å². The second-order valence-corrected chi connectivity index (χ2v) is 4.83. The van der Waals surface area contributed by atoms with Crippen LogP contribution in [0, 0.1) is 11.8 Å². The first-order chi connectivity index (χ1) is 9.63. The Morgan fingerprint density at radius 3 is 2.60 bits per heavy atom. The Hall–Kier alpha value is -2.01. The minimum absolute atomic E-state index is 0.140. The van der Waals surface area contributed by atoms with E-state index < -0.39 is 0 Å². The van der Waals surface area contributed by atoms with Gasteiger partial charge in [0.1, 0.15) is 5.57 Å². The molecule has 0 aliphatic rings. The van der Waals surface area contributed by atoms with Gasteiger partial charge in [-0.05, 0) is 31.9 Å². The molecule has 0 aromatic heterocycles. The highest BCUT2D eigenvalue weighted by Crippen LogP contribution is 2.09. The Bertz CT molecular complexity index is 501. The Morgan fingerprint density at radius 1 is 1.30 bits per heavy atom. The summed E-state index contributed by atoms with van der Waals surface area (Å²) in [6.07, 6.45) is 4.59. The largest absolute Gasteiger partial charge is 0.459 e. The van der Waals surface area contributed by atoms with Gasteiger partial charge in [-0.15, -0.1) is 0 Å². The molecule has 0 fully saturated rings. The molecular formula is C18H22O2. The molecule has 2 nitrogen and oxygen atoms in total. The molecule has 0 saturated carbocycles. The van der Waals surface area contributed by atoms with Crippen LogP contribution in [0.4, 0.5) is 0 Å². The Kier molecular flexibility index (Phi) is 7.21. The Morgan fingerprint density at radius 2 is 2.00 bits per heavy atom. The summed E-state index contributed by atoms with van der Waals surface area (Å²) in [5, 5.41) is 0. The van der Waals surface area contributed by atoms with Crippen LogP contribution in [0.3, 0.4) is 0 Å². The molecule has 0 bridgehead atoms. The Labute approximate surface area is 121 Å². The molecule has 0 unspecified atom stereocenters. The van der Waals surface area contributed by atoms with Gasteiger partial charge in [0.05, 0.1) is 6.10 Å². The van der Waals surface area contributed by atoms with E-state index in [0.29, 0.717) is 5.57 Å². The van der Waals surface area contributed by atoms with Crippen LogP contribution in [0.2, 0.25) is 0 Å². The van der Waals surface area contributed by atoms with Gasteiger partial charge in [0, 0.05) is 6.42 Å². The molecule has 0 spiro atoms. The zero-order chi connectivity index (χ0) is 14.8. The quantitative estimate of drug-likeness (QED) is 0.346. The maximum Gasteiger partial charge on any atom is 0.346 e. The summed E-state index contributed by atoms with van der Waals surface area (Å²) in [4.78, 5) is 12.0. The van der Waals surface area contributed by atoms with Crippen LogP contribution in [0.15, 0.2) is 35.9 Å². The van der Waals surface area contributed by atoms with Crippen molar-refractivity contribution in [2.24, 2.45) is 0 Å². The molecule has 0 aliphatic carbocycles. The topological polar surface area (TPSA) is 26.3 Å². The minimum atomic E-state index is -0.354. The molecule has 20 heavy (non-hydrogen) atoms. The van der Waals surface area contributed by atoms with Crippen LogP contribution in [0.5, 0.6) is 0 Å². The number of esters is 1. The molecule has 106 valence electrons. The Balaban J connectivity index is 2.91. The van der Waals surface area contributed by atoms with Crippen molar-refractivity contribution in [3.05, 3.63) is 41.5 Å². The SMILES string of the molecule is CCCCC#CC(=Cc1ccccc1)C(=O)OC(C)C. The molecule has 0 saturated heterocycles. The van der Waals surface area contributed by atoms with Crippen LogP contribution in [0.25, 0.3) is 6.08 Å². The molecule has 0 amide bonds. The van der Waals surface area contributed by atoms with Gasteiger partial charge in [-0.3, -0.25) is 0 Å². The molecule has 0 atom stereocenters. The van der Waals surface area contributed by atoms with Crippen LogP contribution in [-0.4, -0.2) is 12.1 Å². The fraction of sp³-hybridized carbons (Fsp3) is 0.389. The van der Waals surface area contributed by atoms with Gasteiger partial charge < -0.3 is 4.74 Å². The summed E-state index contributed by atoms with van der Waals surface area (Å²) in [7, 11) is 0. The fourth-order valence-corrected chi connectivity index (χ4v) is 1.56. The number of unbranched alkanes of at least 4 members (excludes halogenated alkanes) is 2. The van der Waals surface area contributed by atoms with Gasteiger partial charge in [-0.2, -0.15) is 0 Å². The average molecular weight is 270 g/mol. The van der Waals surface area contributed by atoms with E-state index in [4.69, 9.17) is 4.74 Å². The number of hydrogen-bond acceptors (Lipinski definition) is 2. The lowest BCUT2D eigenvalue weighted by Crippen LogP contribution is -2.12. The molecule has 1 aromatic rings. The van der Waals surface area contributed by atoms with Crippen LogP contribution >= 0.6 is 0 Å². The standard InChI is InChI=1S/C18H22O2/c1-4-5-6-10-13-17(18(19)20-15(2)3)14-16-11-8-7-9-12-16/h7-9,11-12,14-15H,4-6H2,1-3H3. The molecule has 1 rings (SSSR count). The fourth-order valence-electron chi connectivity index (χ4n) is 1.56. The van der Waals surface area contributed by atoms with Crippen molar-refractivity contribution in [1.29, 1.82) is 0 Å². The van der Waals surface area contributed by atoms with Crippen molar-refractivity contribution in [3.8, 4) is 11.8 Å². The monoisotopic (exact) mass is 270 g/mol. The summed E-state index contributed by atoms with van der Waals surface area (Å²) < 4.78 is 5.23. The zero-order valence-electron chi connectivity index (χ0n) is 12.5. The molecule has 0 aliphatic heterocycles. The van der Waals surface area contributed by atoms with Crippen molar-refractivity contribution in [2.75, 3.05) is 0 Å². The van der Waals surface area contributed by atoms with Gasteiger partial charge in [0.15, 0.2) is 0 Å². The van der Waals surface area contributed by atoms with Crippen LogP contribution in [-0.2, 0) is 9.53 Å². The maximum absolute atomic E-state index is 12.0. The van der Waals surface area contributed by atoms with E-state index in [9.17, 15) is 4.79 Å². The lowest BCUT2D eigenvalue weighted by atomic mass is 10.1. The number of benzene rings is 1. The highest BCUT2D eigenvalue weighted by molar-refractivity contribution is 5.98. The average Bonchev–Trinajstić information content (AvgIpc) is 2.42. The lowest BCUT2D eigenvalue weighted by Gasteiger charge is -2.07. The first-order valence-corrected chi connectivity index (χ1v) is 7.10. The third-order valence-corrected chi connectivity index (χ3v) is 2.55. The number of carbonyl (C=O) groups excluding carboxylic acids is 1. The summed E-state index contributed by atoms with van der Waals surface area (Å²) in [5.41, 5.74) is 1.37. The predicted octanol–water partition coefficient (Wildman–Crippen LogP) is 4.22. The third-order valence-electron chi connectivity index (χ3n) is 2.55. The smallest absolute Gasteiger partial charge is 0.346 e. The van der Waals surface area contributed by atoms with Crippen molar-refractivity contribution in [3.63, 3.8) is 0 Å². The van der Waals surface area contributed by atoms with Crippen molar-refractivity contribution in [2.45, 2.75) is 46.1 Å². The van der Waals surface area contributed by atoms with Crippen LogP contribution < -0.4 is 0 Å². The lowest BCUT2D eigenvalue weighted by molar-refractivity contribution is -0.142. The van der Waals surface area contributed by atoms with E-state index in [-0.39, 0.29) is 12.1 Å². The molecule has 0 radical (unpaired) electrons. The number of carbonyl (C=O) groups is 1. The van der Waals surface area contributed by atoms with Crippen molar-refractivity contribution >= 4 is 12.0 Å². The van der Waals surface area contributed by atoms with Gasteiger partial charge in [-0.1, -0.05) is 55.5 Å². The summed E-state index contributed by atoms with van der Waals surface area (Å²) >= 11 is 0. The normalized spacial score (nSPS) is 10.9. The minimum Gasteiger partial charge on any atom is -0.459 e. The molecule has 1 aromatic carbocycles. The summed E-state index contributed by atoms with van der Waals surface area (Å²) in [6, 6.07) is 9.69. The molecular weight excluding hydrogens is 248 g/mol. The van der Waals surface area contributed by atoms with E-state index in [0.717, 1.165) is 24.8 Å². The number of rotatable bonds is 5.